The van der Waals surface area contributed by atoms with Crippen molar-refractivity contribution in [2.45, 2.75) is 19.0 Å². The Bertz CT molecular complexity index is 1020. The number of hydrogen-bond donors (Lipinski definition) is 1. The SMILES string of the molecule is COC(=O)C[C@H]1C(=O)NCCN1Cc1cn(-c2ccccc2)nc1-c1ccccc1. The maximum absolute atomic E-state index is 12.4. The van der Waals surface area contributed by atoms with Gasteiger partial charge in [-0.1, -0.05) is 48.5 Å². The Kier molecular flexibility index (Phi) is 5.90. The zero-order valence-electron chi connectivity index (χ0n) is 16.8. The fourth-order valence-electron chi connectivity index (χ4n) is 3.71. The molecule has 0 saturated carbocycles. The first kappa shape index (κ1) is 19.8. The molecule has 0 bridgehead atoms. The molecule has 1 atom stereocenters. The van der Waals surface area contributed by atoms with Crippen LogP contribution in [0.15, 0.2) is 66.9 Å². The van der Waals surface area contributed by atoms with Gasteiger partial charge in [0, 0.05) is 37.0 Å². The third-order valence-electron chi connectivity index (χ3n) is 5.26. The van der Waals surface area contributed by atoms with Crippen molar-refractivity contribution in [3.05, 3.63) is 72.4 Å². The number of nitrogens with one attached hydrogen (secondary N) is 1. The van der Waals surface area contributed by atoms with Crippen LogP contribution in [-0.2, 0) is 20.9 Å². The molecule has 7 heteroatoms. The molecule has 2 heterocycles. The molecule has 1 N–H and O–H groups in total. The minimum Gasteiger partial charge on any atom is -0.469 e. The molecule has 0 unspecified atom stereocenters. The number of carbonyl (C=O) groups is 2. The number of piperazine rings is 1. The zero-order chi connectivity index (χ0) is 20.9. The summed E-state index contributed by atoms with van der Waals surface area (Å²) < 4.78 is 6.65. The van der Waals surface area contributed by atoms with E-state index in [4.69, 9.17) is 9.84 Å². The first-order chi connectivity index (χ1) is 14.7. The number of methoxy groups -OCH3 is 1. The molecule has 154 valence electrons. The van der Waals surface area contributed by atoms with Crippen LogP contribution in [0.1, 0.15) is 12.0 Å². The van der Waals surface area contributed by atoms with Crippen molar-refractivity contribution in [2.24, 2.45) is 0 Å². The highest BCUT2D eigenvalue weighted by molar-refractivity contribution is 5.87. The summed E-state index contributed by atoms with van der Waals surface area (Å²) in [7, 11) is 1.34. The van der Waals surface area contributed by atoms with Crippen LogP contribution in [0.2, 0.25) is 0 Å². The molecular formula is C23H24N4O3. The summed E-state index contributed by atoms with van der Waals surface area (Å²) in [5, 5.41) is 7.68. The highest BCUT2D eigenvalue weighted by atomic mass is 16.5. The number of amides is 1. The van der Waals surface area contributed by atoms with E-state index in [-0.39, 0.29) is 12.3 Å². The molecule has 7 nitrogen and oxygen atoms in total. The van der Waals surface area contributed by atoms with Crippen molar-refractivity contribution in [3.63, 3.8) is 0 Å². The largest absolute Gasteiger partial charge is 0.469 e. The Morgan fingerprint density at radius 2 is 1.83 bits per heavy atom. The van der Waals surface area contributed by atoms with Gasteiger partial charge in [0.05, 0.1) is 24.9 Å². The minimum absolute atomic E-state index is 0.0236. The Labute approximate surface area is 175 Å². The normalized spacial score (nSPS) is 16.8. The van der Waals surface area contributed by atoms with Crippen LogP contribution in [0.4, 0.5) is 0 Å². The third kappa shape index (κ3) is 4.26. The molecule has 0 spiro atoms. The molecule has 0 radical (unpaired) electrons. The van der Waals surface area contributed by atoms with Crippen molar-refractivity contribution < 1.29 is 14.3 Å². The molecule has 0 aliphatic carbocycles. The fraction of sp³-hybridized carbons (Fsp3) is 0.261. The second-order valence-electron chi connectivity index (χ2n) is 7.21. The van der Waals surface area contributed by atoms with E-state index in [1.807, 2.05) is 76.4 Å². The monoisotopic (exact) mass is 404 g/mol. The van der Waals surface area contributed by atoms with E-state index < -0.39 is 12.0 Å². The second kappa shape index (κ2) is 8.92. The lowest BCUT2D eigenvalue weighted by atomic mass is 10.0. The van der Waals surface area contributed by atoms with Gasteiger partial charge < -0.3 is 10.1 Å². The van der Waals surface area contributed by atoms with Crippen molar-refractivity contribution in [2.75, 3.05) is 20.2 Å². The molecule has 1 aromatic heterocycles. The highest BCUT2D eigenvalue weighted by Crippen LogP contribution is 2.26. The molecule has 30 heavy (non-hydrogen) atoms. The summed E-state index contributed by atoms with van der Waals surface area (Å²) in [6, 6.07) is 19.3. The van der Waals surface area contributed by atoms with Crippen molar-refractivity contribution >= 4 is 11.9 Å². The summed E-state index contributed by atoms with van der Waals surface area (Å²) in [5.41, 5.74) is 3.83. The van der Waals surface area contributed by atoms with E-state index in [2.05, 4.69) is 5.32 Å². The second-order valence-corrected chi connectivity index (χ2v) is 7.21. The van der Waals surface area contributed by atoms with E-state index in [1.165, 1.54) is 7.11 Å². The Morgan fingerprint density at radius 1 is 1.13 bits per heavy atom. The quantitative estimate of drug-likeness (QED) is 0.639. The summed E-state index contributed by atoms with van der Waals surface area (Å²) in [6.07, 6.45) is 2.02. The average Bonchev–Trinajstić information content (AvgIpc) is 3.21. The first-order valence-corrected chi connectivity index (χ1v) is 9.93. The molecule has 1 amide bonds. The van der Waals surface area contributed by atoms with Crippen molar-refractivity contribution in [1.29, 1.82) is 0 Å². The summed E-state index contributed by atoms with van der Waals surface area (Å²) in [4.78, 5) is 26.3. The van der Waals surface area contributed by atoms with Crippen LogP contribution in [0.25, 0.3) is 16.9 Å². The molecule has 1 aliphatic heterocycles. The Hall–Kier alpha value is -3.45. The molecular weight excluding hydrogens is 380 g/mol. The van der Waals surface area contributed by atoms with Crippen LogP contribution in [0, 0.1) is 0 Å². The van der Waals surface area contributed by atoms with Gasteiger partial charge in [0.2, 0.25) is 5.91 Å². The molecule has 2 aromatic carbocycles. The van der Waals surface area contributed by atoms with Crippen LogP contribution in [0.5, 0.6) is 0 Å². The van der Waals surface area contributed by atoms with Gasteiger partial charge >= 0.3 is 5.97 Å². The zero-order valence-corrected chi connectivity index (χ0v) is 16.8. The van der Waals surface area contributed by atoms with Crippen LogP contribution < -0.4 is 5.32 Å². The Balaban J connectivity index is 1.69. The van der Waals surface area contributed by atoms with Crippen LogP contribution >= 0.6 is 0 Å². The number of benzene rings is 2. The van der Waals surface area contributed by atoms with Gasteiger partial charge in [-0.3, -0.25) is 14.5 Å². The van der Waals surface area contributed by atoms with Crippen LogP contribution in [-0.4, -0.2) is 52.8 Å². The summed E-state index contributed by atoms with van der Waals surface area (Å²) in [6.45, 7) is 1.70. The van der Waals surface area contributed by atoms with Crippen molar-refractivity contribution in [3.8, 4) is 16.9 Å². The number of esters is 1. The van der Waals surface area contributed by atoms with E-state index in [9.17, 15) is 9.59 Å². The molecule has 3 aromatic rings. The molecule has 1 saturated heterocycles. The van der Waals surface area contributed by atoms with E-state index >= 15 is 0 Å². The maximum atomic E-state index is 12.4. The lowest BCUT2D eigenvalue weighted by molar-refractivity contribution is -0.146. The smallest absolute Gasteiger partial charge is 0.307 e. The van der Waals surface area contributed by atoms with Gasteiger partial charge in [-0.25, -0.2) is 4.68 Å². The van der Waals surface area contributed by atoms with Gasteiger partial charge in [0.25, 0.3) is 0 Å². The van der Waals surface area contributed by atoms with E-state index in [0.29, 0.717) is 19.6 Å². The number of para-hydroxylation sites is 1. The molecule has 1 fully saturated rings. The van der Waals surface area contributed by atoms with Gasteiger partial charge in [-0.15, -0.1) is 0 Å². The summed E-state index contributed by atoms with van der Waals surface area (Å²) in [5.74, 6) is -0.548. The number of hydrogen-bond acceptors (Lipinski definition) is 5. The lowest BCUT2D eigenvalue weighted by Crippen LogP contribution is -2.55. The number of rotatable bonds is 6. The van der Waals surface area contributed by atoms with E-state index in [1.54, 1.807) is 0 Å². The van der Waals surface area contributed by atoms with Gasteiger partial charge in [-0.05, 0) is 12.1 Å². The standard InChI is InChI=1S/C23H24N4O3/c1-30-21(28)14-20-23(29)24-12-13-26(20)15-18-16-27(19-10-6-3-7-11-19)25-22(18)17-8-4-2-5-9-17/h2-11,16,20H,12-15H2,1H3,(H,24,29)/t20-/m0/s1. The topological polar surface area (TPSA) is 76.5 Å². The Morgan fingerprint density at radius 3 is 2.53 bits per heavy atom. The average molecular weight is 404 g/mol. The molecule has 1 aliphatic rings. The summed E-state index contributed by atoms with van der Waals surface area (Å²) >= 11 is 0. The first-order valence-electron chi connectivity index (χ1n) is 9.93. The van der Waals surface area contributed by atoms with Gasteiger partial charge in [0.1, 0.15) is 6.04 Å². The molecule has 4 rings (SSSR count). The number of nitrogens with zero attached hydrogens (tertiary/aromatic N) is 3. The minimum atomic E-state index is -0.560. The lowest BCUT2D eigenvalue weighted by Gasteiger charge is -2.34. The highest BCUT2D eigenvalue weighted by Gasteiger charge is 2.32. The fourth-order valence-corrected chi connectivity index (χ4v) is 3.71. The van der Waals surface area contributed by atoms with Gasteiger partial charge in [0.15, 0.2) is 0 Å². The predicted molar refractivity (Wildman–Crippen MR) is 113 cm³/mol. The van der Waals surface area contributed by atoms with Gasteiger partial charge in [-0.2, -0.15) is 5.10 Å². The maximum Gasteiger partial charge on any atom is 0.307 e. The predicted octanol–water partition coefficient (Wildman–Crippen LogP) is 2.40. The van der Waals surface area contributed by atoms with Crippen molar-refractivity contribution in [1.82, 2.24) is 20.0 Å². The number of ether oxygens (including phenoxy) is 1. The number of aromatic nitrogens is 2. The third-order valence-corrected chi connectivity index (χ3v) is 5.26. The number of carbonyl (C=O) groups excluding carboxylic acids is 2. The van der Waals surface area contributed by atoms with Crippen LogP contribution in [0.3, 0.4) is 0 Å². The van der Waals surface area contributed by atoms with E-state index in [0.717, 1.165) is 22.5 Å².